The predicted octanol–water partition coefficient (Wildman–Crippen LogP) is 4.09. The van der Waals surface area contributed by atoms with Crippen molar-refractivity contribution in [3.05, 3.63) is 22.7 Å². The Morgan fingerprint density at radius 1 is 1.25 bits per heavy atom. The first-order chi connectivity index (χ1) is 11.6. The molecule has 0 aromatic heterocycles. The van der Waals surface area contributed by atoms with Gasteiger partial charge in [-0.3, -0.25) is 4.79 Å². The molecule has 5 nitrogen and oxygen atoms in total. The highest BCUT2D eigenvalue weighted by atomic mass is 35.5. The van der Waals surface area contributed by atoms with Crippen LogP contribution >= 0.6 is 23.2 Å². The number of halogens is 2. The zero-order valence-electron chi connectivity index (χ0n) is 13.9. The van der Waals surface area contributed by atoms with Gasteiger partial charge in [-0.2, -0.15) is 0 Å². The van der Waals surface area contributed by atoms with E-state index in [1.54, 1.807) is 6.07 Å². The maximum Gasteiger partial charge on any atom is 0.303 e. The summed E-state index contributed by atoms with van der Waals surface area (Å²) in [7, 11) is 0. The van der Waals surface area contributed by atoms with Crippen LogP contribution in [0, 0.1) is 0 Å². The summed E-state index contributed by atoms with van der Waals surface area (Å²) in [5, 5.41) is 12.4. The number of hydrogen-bond acceptors (Lipinski definition) is 4. The van der Waals surface area contributed by atoms with Gasteiger partial charge in [0.25, 0.3) is 0 Å². The molecule has 2 rings (SSSR count). The van der Waals surface area contributed by atoms with E-state index in [0.29, 0.717) is 29.4 Å². The molecule has 0 radical (unpaired) electrons. The van der Waals surface area contributed by atoms with E-state index in [0.717, 1.165) is 31.0 Å². The second kappa shape index (κ2) is 12.2. The number of alkyl halides is 1. The molecule has 0 aliphatic carbocycles. The van der Waals surface area contributed by atoms with E-state index in [2.05, 4.69) is 12.2 Å². The van der Waals surface area contributed by atoms with Crippen molar-refractivity contribution in [2.24, 2.45) is 0 Å². The highest BCUT2D eigenvalue weighted by Gasteiger charge is 2.16. The molecule has 2 N–H and O–H groups in total. The Labute approximate surface area is 153 Å². The van der Waals surface area contributed by atoms with Crippen molar-refractivity contribution in [2.45, 2.75) is 39.0 Å². The fraction of sp³-hybridized carbons (Fsp3) is 0.588. The second-order valence-electron chi connectivity index (χ2n) is 5.34. The number of carboxylic acids is 1. The molecule has 1 aromatic carbocycles. The molecule has 7 heteroatoms. The largest absolute Gasteiger partial charge is 0.481 e. The fourth-order valence-corrected chi connectivity index (χ4v) is 2.46. The van der Waals surface area contributed by atoms with Crippen molar-refractivity contribution in [3.8, 4) is 11.5 Å². The summed E-state index contributed by atoms with van der Waals surface area (Å²) in [5.41, 5.74) is 0.896. The van der Waals surface area contributed by atoms with Gasteiger partial charge in [0.2, 0.25) is 6.79 Å². The molecule has 24 heavy (non-hydrogen) atoms. The van der Waals surface area contributed by atoms with E-state index in [1.807, 2.05) is 6.07 Å². The minimum Gasteiger partial charge on any atom is -0.481 e. The molecule has 0 fully saturated rings. The summed E-state index contributed by atoms with van der Waals surface area (Å²) >= 11 is 11.5. The summed E-state index contributed by atoms with van der Waals surface area (Å²) in [6, 6.07) is 3.52. The highest BCUT2D eigenvalue weighted by molar-refractivity contribution is 6.31. The van der Waals surface area contributed by atoms with Crippen LogP contribution < -0.4 is 14.8 Å². The van der Waals surface area contributed by atoms with Gasteiger partial charge in [-0.15, -0.1) is 11.6 Å². The smallest absolute Gasteiger partial charge is 0.303 e. The average Bonchev–Trinajstić information content (AvgIpc) is 2.99. The van der Waals surface area contributed by atoms with Crippen LogP contribution in [0.1, 0.15) is 38.2 Å². The SMILES string of the molecule is CCCNCCCCl.O=C(O)CCCc1cc2c(cc1Cl)OCO2. The van der Waals surface area contributed by atoms with Gasteiger partial charge in [0.05, 0.1) is 0 Å². The van der Waals surface area contributed by atoms with Crippen molar-refractivity contribution < 1.29 is 19.4 Å². The van der Waals surface area contributed by atoms with E-state index in [9.17, 15) is 4.79 Å². The summed E-state index contributed by atoms with van der Waals surface area (Å²) in [6.07, 6.45) is 3.63. The van der Waals surface area contributed by atoms with E-state index < -0.39 is 5.97 Å². The van der Waals surface area contributed by atoms with Crippen LogP contribution in [0.3, 0.4) is 0 Å². The van der Waals surface area contributed by atoms with Crippen LogP contribution in [0.25, 0.3) is 0 Å². The van der Waals surface area contributed by atoms with Gasteiger partial charge >= 0.3 is 5.97 Å². The number of nitrogens with one attached hydrogen (secondary N) is 1. The molecule has 0 amide bonds. The topological polar surface area (TPSA) is 67.8 Å². The number of rotatable bonds is 9. The van der Waals surface area contributed by atoms with Gasteiger partial charge < -0.3 is 19.9 Å². The molecular weight excluding hydrogens is 353 g/mol. The molecule has 0 saturated heterocycles. The number of benzene rings is 1. The van der Waals surface area contributed by atoms with Crippen LogP contribution in [0.4, 0.5) is 0 Å². The standard InChI is InChI=1S/C11H11ClO4.C6H14ClN/c12-8-5-10-9(15-6-16-10)4-7(8)2-1-3-11(13)14;1-2-5-8-6-3-4-7/h4-5H,1-3,6H2,(H,13,14);8H,2-6H2,1H3. The van der Waals surface area contributed by atoms with Crippen LogP contribution in [-0.4, -0.2) is 36.8 Å². The lowest BCUT2D eigenvalue weighted by Gasteiger charge is -2.05. The molecule has 1 heterocycles. The monoisotopic (exact) mass is 377 g/mol. The van der Waals surface area contributed by atoms with Gasteiger partial charge in [-0.05, 0) is 50.4 Å². The molecule has 0 atom stereocenters. The zero-order chi connectivity index (χ0) is 17.8. The van der Waals surface area contributed by atoms with E-state index in [4.69, 9.17) is 37.8 Å². The Balaban J connectivity index is 0.000000307. The molecule has 136 valence electrons. The van der Waals surface area contributed by atoms with E-state index >= 15 is 0 Å². The number of hydrogen-bond donors (Lipinski definition) is 2. The van der Waals surface area contributed by atoms with Gasteiger partial charge in [-0.25, -0.2) is 0 Å². The van der Waals surface area contributed by atoms with Gasteiger partial charge in [-0.1, -0.05) is 18.5 Å². The summed E-state index contributed by atoms with van der Waals surface area (Å²) in [5.74, 6) is 1.30. The van der Waals surface area contributed by atoms with Crippen molar-refractivity contribution in [1.29, 1.82) is 0 Å². The Kier molecular flexibility index (Phi) is 10.6. The number of carbonyl (C=O) groups is 1. The van der Waals surface area contributed by atoms with Crippen LogP contribution in [0.5, 0.6) is 11.5 Å². The lowest BCUT2D eigenvalue weighted by atomic mass is 10.1. The Morgan fingerprint density at radius 2 is 1.96 bits per heavy atom. The maximum absolute atomic E-state index is 10.4. The van der Waals surface area contributed by atoms with Crippen LogP contribution in [-0.2, 0) is 11.2 Å². The zero-order valence-corrected chi connectivity index (χ0v) is 15.5. The first kappa shape index (κ1) is 20.9. The fourth-order valence-electron chi connectivity index (χ4n) is 2.07. The number of aliphatic carboxylic acids is 1. The second-order valence-corrected chi connectivity index (χ2v) is 6.12. The van der Waals surface area contributed by atoms with Crippen molar-refractivity contribution >= 4 is 29.2 Å². The highest BCUT2D eigenvalue weighted by Crippen LogP contribution is 2.37. The van der Waals surface area contributed by atoms with Gasteiger partial charge in [0.1, 0.15) is 0 Å². The van der Waals surface area contributed by atoms with Gasteiger partial charge in [0, 0.05) is 23.4 Å². The maximum atomic E-state index is 10.4. The number of carboxylic acid groups (broad SMARTS) is 1. The Hall–Kier alpha value is -1.17. The summed E-state index contributed by atoms with van der Waals surface area (Å²) < 4.78 is 10.4. The molecule has 0 bridgehead atoms. The average molecular weight is 378 g/mol. The molecule has 0 unspecified atom stereocenters. The van der Waals surface area contributed by atoms with Crippen molar-refractivity contribution in [1.82, 2.24) is 5.32 Å². The van der Waals surface area contributed by atoms with Crippen LogP contribution in [0.2, 0.25) is 5.02 Å². The van der Waals surface area contributed by atoms with E-state index in [1.165, 1.54) is 6.42 Å². The van der Waals surface area contributed by atoms with Gasteiger partial charge in [0.15, 0.2) is 11.5 Å². The normalized spacial score (nSPS) is 11.8. The first-order valence-corrected chi connectivity index (χ1v) is 9.06. The molecular formula is C17H25Cl2NO4. The number of ether oxygens (including phenoxy) is 2. The molecule has 0 saturated carbocycles. The molecule has 1 aromatic rings. The molecule has 1 aliphatic heterocycles. The number of fused-ring (bicyclic) bond motifs is 1. The third kappa shape index (κ3) is 8.08. The third-order valence-electron chi connectivity index (χ3n) is 3.29. The lowest BCUT2D eigenvalue weighted by Crippen LogP contribution is -2.15. The molecule has 1 aliphatic rings. The van der Waals surface area contributed by atoms with Crippen molar-refractivity contribution in [3.63, 3.8) is 0 Å². The third-order valence-corrected chi connectivity index (χ3v) is 3.91. The first-order valence-electron chi connectivity index (χ1n) is 8.15. The summed E-state index contributed by atoms with van der Waals surface area (Å²) in [6.45, 7) is 4.56. The Morgan fingerprint density at radius 3 is 2.58 bits per heavy atom. The summed E-state index contributed by atoms with van der Waals surface area (Å²) in [4.78, 5) is 10.4. The van der Waals surface area contributed by atoms with Crippen molar-refractivity contribution in [2.75, 3.05) is 25.8 Å². The Bertz CT molecular complexity index is 506. The minimum atomic E-state index is -0.795. The van der Waals surface area contributed by atoms with E-state index in [-0.39, 0.29) is 13.2 Å². The number of aryl methyl sites for hydroxylation is 1. The predicted molar refractivity (Wildman–Crippen MR) is 96.6 cm³/mol. The lowest BCUT2D eigenvalue weighted by molar-refractivity contribution is -0.137. The van der Waals surface area contributed by atoms with Crippen LogP contribution in [0.15, 0.2) is 12.1 Å². The minimum absolute atomic E-state index is 0.144. The quantitative estimate of drug-likeness (QED) is 0.500. The molecule has 0 spiro atoms.